The number of thiophene rings is 1. The first-order chi connectivity index (χ1) is 9.25. The van der Waals surface area contributed by atoms with E-state index in [4.69, 9.17) is 0 Å². The van der Waals surface area contributed by atoms with Crippen LogP contribution in [0, 0.1) is 0 Å². The molecule has 2 aromatic rings. The highest BCUT2D eigenvalue weighted by Crippen LogP contribution is 2.12. The molecule has 0 fully saturated rings. The molecule has 1 aromatic carbocycles. The Morgan fingerprint density at radius 3 is 2.68 bits per heavy atom. The number of hydrogen-bond donors (Lipinski definition) is 0. The second-order valence-electron chi connectivity index (χ2n) is 4.32. The molecule has 0 aliphatic rings. The standard InChI is InChI=1S/C16H17NOS/c1-17(14-6-3-2-4-7-14)12-11-15(18)9-10-16-8-5-13-19-16/h2-10,13H,11-12H2,1H3. The number of nitrogens with zero attached hydrogens (tertiary/aromatic N) is 1. The minimum atomic E-state index is 0.163. The van der Waals surface area contributed by atoms with Gasteiger partial charge in [0.1, 0.15) is 0 Å². The summed E-state index contributed by atoms with van der Waals surface area (Å²) in [7, 11) is 2.01. The van der Waals surface area contributed by atoms with E-state index < -0.39 is 0 Å². The normalized spacial score (nSPS) is 10.8. The van der Waals surface area contributed by atoms with Crippen molar-refractivity contribution >= 4 is 28.9 Å². The number of rotatable bonds is 6. The predicted octanol–water partition coefficient (Wildman–Crippen LogP) is 3.86. The van der Waals surface area contributed by atoms with Gasteiger partial charge in [-0.05, 0) is 35.7 Å². The van der Waals surface area contributed by atoms with Gasteiger partial charge < -0.3 is 4.90 Å². The van der Waals surface area contributed by atoms with E-state index in [0.717, 1.165) is 17.1 Å². The fourth-order valence-electron chi connectivity index (χ4n) is 1.73. The van der Waals surface area contributed by atoms with Crippen molar-refractivity contribution in [3.63, 3.8) is 0 Å². The maximum atomic E-state index is 11.8. The first kappa shape index (κ1) is 13.6. The Balaban J connectivity index is 1.81. The van der Waals surface area contributed by atoms with Crippen LogP contribution in [0.1, 0.15) is 11.3 Å². The Morgan fingerprint density at radius 2 is 2.00 bits per heavy atom. The van der Waals surface area contributed by atoms with E-state index in [2.05, 4.69) is 4.90 Å². The second-order valence-corrected chi connectivity index (χ2v) is 5.30. The Labute approximate surface area is 118 Å². The molecular formula is C16H17NOS. The van der Waals surface area contributed by atoms with Gasteiger partial charge in [-0.2, -0.15) is 0 Å². The summed E-state index contributed by atoms with van der Waals surface area (Å²) in [4.78, 5) is 15.0. The maximum absolute atomic E-state index is 11.8. The Morgan fingerprint density at radius 1 is 1.21 bits per heavy atom. The average Bonchev–Trinajstić information content (AvgIpc) is 2.96. The zero-order chi connectivity index (χ0) is 13.5. The highest BCUT2D eigenvalue weighted by Gasteiger charge is 2.02. The van der Waals surface area contributed by atoms with Gasteiger partial charge in [0, 0.05) is 30.6 Å². The van der Waals surface area contributed by atoms with Crippen LogP contribution in [0.5, 0.6) is 0 Å². The molecule has 0 spiro atoms. The number of ketones is 1. The van der Waals surface area contributed by atoms with Crippen molar-refractivity contribution in [1.82, 2.24) is 0 Å². The second kappa shape index (κ2) is 6.90. The number of carbonyl (C=O) groups excluding carboxylic acids is 1. The molecule has 0 unspecified atom stereocenters. The van der Waals surface area contributed by atoms with E-state index in [0.29, 0.717) is 6.42 Å². The van der Waals surface area contributed by atoms with Gasteiger partial charge in [-0.25, -0.2) is 0 Å². The van der Waals surface area contributed by atoms with Gasteiger partial charge in [-0.1, -0.05) is 24.3 Å². The lowest BCUT2D eigenvalue weighted by atomic mass is 10.2. The van der Waals surface area contributed by atoms with Gasteiger partial charge in [0.05, 0.1) is 0 Å². The van der Waals surface area contributed by atoms with Gasteiger partial charge in [0.15, 0.2) is 5.78 Å². The number of benzene rings is 1. The monoisotopic (exact) mass is 271 g/mol. The summed E-state index contributed by atoms with van der Waals surface area (Å²) in [5.74, 6) is 0.163. The van der Waals surface area contributed by atoms with Gasteiger partial charge in [-0.3, -0.25) is 4.79 Å². The van der Waals surface area contributed by atoms with Crippen LogP contribution in [0.25, 0.3) is 6.08 Å². The Bertz CT molecular complexity index is 531. The number of para-hydroxylation sites is 1. The highest BCUT2D eigenvalue weighted by atomic mass is 32.1. The molecule has 2 nitrogen and oxygen atoms in total. The quantitative estimate of drug-likeness (QED) is 0.744. The smallest absolute Gasteiger partial charge is 0.157 e. The van der Waals surface area contributed by atoms with Gasteiger partial charge in [0.25, 0.3) is 0 Å². The van der Waals surface area contributed by atoms with Crippen molar-refractivity contribution in [3.8, 4) is 0 Å². The van der Waals surface area contributed by atoms with Crippen molar-refractivity contribution in [2.45, 2.75) is 6.42 Å². The molecule has 3 heteroatoms. The minimum absolute atomic E-state index is 0.163. The van der Waals surface area contributed by atoms with E-state index in [1.807, 2.05) is 61.0 Å². The third-order valence-electron chi connectivity index (χ3n) is 2.87. The van der Waals surface area contributed by atoms with Gasteiger partial charge in [-0.15, -0.1) is 11.3 Å². The summed E-state index contributed by atoms with van der Waals surface area (Å²) in [6.07, 6.45) is 4.09. The summed E-state index contributed by atoms with van der Waals surface area (Å²) in [5, 5.41) is 2.01. The van der Waals surface area contributed by atoms with Gasteiger partial charge >= 0.3 is 0 Å². The molecule has 0 radical (unpaired) electrons. The van der Waals surface area contributed by atoms with Crippen molar-refractivity contribution in [1.29, 1.82) is 0 Å². The van der Waals surface area contributed by atoms with E-state index in [1.165, 1.54) is 0 Å². The number of carbonyl (C=O) groups is 1. The zero-order valence-electron chi connectivity index (χ0n) is 11.0. The number of hydrogen-bond acceptors (Lipinski definition) is 3. The van der Waals surface area contributed by atoms with Crippen LogP contribution in [-0.2, 0) is 4.79 Å². The molecular weight excluding hydrogens is 254 g/mol. The lowest BCUT2D eigenvalue weighted by molar-refractivity contribution is -0.114. The summed E-state index contributed by atoms with van der Waals surface area (Å²) >= 11 is 1.64. The van der Waals surface area contributed by atoms with Gasteiger partial charge in [0.2, 0.25) is 0 Å². The highest BCUT2D eigenvalue weighted by molar-refractivity contribution is 7.10. The third-order valence-corrected chi connectivity index (χ3v) is 3.70. The average molecular weight is 271 g/mol. The number of allylic oxidation sites excluding steroid dienone is 1. The summed E-state index contributed by atoms with van der Waals surface area (Å²) in [6, 6.07) is 14.1. The van der Waals surface area contributed by atoms with Crippen molar-refractivity contribution in [2.75, 3.05) is 18.5 Å². The Kier molecular flexibility index (Phi) is 4.93. The molecule has 98 valence electrons. The van der Waals surface area contributed by atoms with Crippen LogP contribution < -0.4 is 4.90 Å². The lowest BCUT2D eigenvalue weighted by Crippen LogP contribution is -2.20. The molecule has 2 rings (SSSR count). The summed E-state index contributed by atoms with van der Waals surface area (Å²) in [5.41, 5.74) is 1.14. The molecule has 0 aliphatic carbocycles. The molecule has 0 atom stereocenters. The van der Waals surface area contributed by atoms with Crippen LogP contribution >= 0.6 is 11.3 Å². The van der Waals surface area contributed by atoms with Crippen LogP contribution in [-0.4, -0.2) is 19.4 Å². The molecule has 0 aliphatic heterocycles. The molecule has 0 saturated carbocycles. The van der Waals surface area contributed by atoms with E-state index >= 15 is 0 Å². The SMILES string of the molecule is CN(CCC(=O)C=Cc1cccs1)c1ccccc1. The zero-order valence-corrected chi connectivity index (χ0v) is 11.8. The van der Waals surface area contributed by atoms with Crippen LogP contribution in [0.2, 0.25) is 0 Å². The molecule has 0 N–H and O–H groups in total. The largest absolute Gasteiger partial charge is 0.374 e. The van der Waals surface area contributed by atoms with Crippen LogP contribution in [0.15, 0.2) is 53.9 Å². The molecule has 0 amide bonds. The fraction of sp³-hybridized carbons (Fsp3) is 0.188. The molecule has 19 heavy (non-hydrogen) atoms. The maximum Gasteiger partial charge on any atom is 0.157 e. The number of anilines is 1. The molecule has 1 aromatic heterocycles. The topological polar surface area (TPSA) is 20.3 Å². The molecule has 0 saturated heterocycles. The summed E-state index contributed by atoms with van der Waals surface area (Å²) < 4.78 is 0. The minimum Gasteiger partial charge on any atom is -0.374 e. The molecule has 1 heterocycles. The first-order valence-corrected chi connectivity index (χ1v) is 7.14. The van der Waals surface area contributed by atoms with Crippen molar-refractivity contribution in [2.24, 2.45) is 0 Å². The first-order valence-electron chi connectivity index (χ1n) is 6.26. The van der Waals surface area contributed by atoms with E-state index in [1.54, 1.807) is 17.4 Å². The summed E-state index contributed by atoms with van der Waals surface area (Å²) in [6.45, 7) is 0.734. The molecule has 0 bridgehead atoms. The Hall–Kier alpha value is -1.87. The van der Waals surface area contributed by atoms with Crippen molar-refractivity contribution in [3.05, 3.63) is 58.8 Å². The predicted molar refractivity (Wildman–Crippen MR) is 82.7 cm³/mol. The van der Waals surface area contributed by atoms with E-state index in [9.17, 15) is 4.79 Å². The fourth-order valence-corrected chi connectivity index (χ4v) is 2.35. The van der Waals surface area contributed by atoms with E-state index in [-0.39, 0.29) is 5.78 Å². The van der Waals surface area contributed by atoms with Crippen LogP contribution in [0.4, 0.5) is 5.69 Å². The third kappa shape index (κ3) is 4.38. The van der Waals surface area contributed by atoms with Crippen LogP contribution in [0.3, 0.4) is 0 Å². The lowest BCUT2D eigenvalue weighted by Gasteiger charge is -2.18. The van der Waals surface area contributed by atoms with Crippen molar-refractivity contribution < 1.29 is 4.79 Å².